The largest absolute Gasteiger partial charge is 0.464 e. The van der Waals surface area contributed by atoms with Gasteiger partial charge < -0.3 is 10.1 Å². The van der Waals surface area contributed by atoms with E-state index in [9.17, 15) is 18.0 Å². The van der Waals surface area contributed by atoms with Gasteiger partial charge >= 0.3 is 5.97 Å². The topological polar surface area (TPSA) is 110 Å². The number of aryl methyl sites for hydroxylation is 1. The monoisotopic (exact) mass is 329 g/mol. The molecule has 0 saturated heterocycles. The zero-order valence-corrected chi connectivity index (χ0v) is 13.0. The summed E-state index contributed by atoms with van der Waals surface area (Å²) in [6.45, 7) is 1.60. The van der Waals surface area contributed by atoms with Crippen molar-refractivity contribution in [3.05, 3.63) is 35.9 Å². The summed E-state index contributed by atoms with van der Waals surface area (Å²) in [7, 11) is -4.41. The highest BCUT2D eigenvalue weighted by Crippen LogP contribution is 2.03. The zero-order valence-electron chi connectivity index (χ0n) is 12.2. The third-order valence-corrected chi connectivity index (χ3v) is 3.52. The molecule has 2 N–H and O–H groups in total. The molecule has 122 valence electrons. The Morgan fingerprint density at radius 3 is 2.45 bits per heavy atom. The van der Waals surface area contributed by atoms with E-state index in [4.69, 9.17) is 4.55 Å². The summed E-state index contributed by atoms with van der Waals surface area (Å²) in [4.78, 5) is 23.4. The minimum Gasteiger partial charge on any atom is -0.464 e. The van der Waals surface area contributed by atoms with Gasteiger partial charge in [-0.25, -0.2) is 4.79 Å². The lowest BCUT2D eigenvalue weighted by Gasteiger charge is -2.15. The number of ether oxygens (including phenoxy) is 1. The van der Waals surface area contributed by atoms with E-state index < -0.39 is 33.8 Å². The van der Waals surface area contributed by atoms with Crippen LogP contribution in [-0.4, -0.2) is 43.2 Å². The predicted octanol–water partition coefficient (Wildman–Crippen LogP) is 0.555. The molecule has 0 bridgehead atoms. The summed E-state index contributed by atoms with van der Waals surface area (Å²) in [5, 5.41) is 2.28. The molecule has 0 radical (unpaired) electrons. The first-order chi connectivity index (χ1) is 10.3. The second-order valence-electron chi connectivity index (χ2n) is 4.61. The number of carbonyl (C=O) groups excluding carboxylic acids is 2. The van der Waals surface area contributed by atoms with Crippen LogP contribution in [0.1, 0.15) is 18.9 Å². The highest BCUT2D eigenvalue weighted by atomic mass is 32.2. The van der Waals surface area contributed by atoms with Gasteiger partial charge in [-0.05, 0) is 18.9 Å². The minimum absolute atomic E-state index is 0.0424. The van der Waals surface area contributed by atoms with Crippen molar-refractivity contribution in [2.24, 2.45) is 0 Å². The molecule has 0 aliphatic rings. The summed E-state index contributed by atoms with van der Waals surface area (Å²) in [5.74, 6) is -2.30. The van der Waals surface area contributed by atoms with Crippen LogP contribution in [0.4, 0.5) is 0 Å². The molecular weight excluding hydrogens is 310 g/mol. The molecule has 1 unspecified atom stereocenters. The number of amides is 1. The van der Waals surface area contributed by atoms with Crippen LogP contribution in [0.5, 0.6) is 0 Å². The van der Waals surface area contributed by atoms with E-state index >= 15 is 0 Å². The van der Waals surface area contributed by atoms with Crippen LogP contribution < -0.4 is 5.32 Å². The number of hydrogen-bond acceptors (Lipinski definition) is 5. The first-order valence-electron chi connectivity index (χ1n) is 6.77. The Morgan fingerprint density at radius 2 is 1.91 bits per heavy atom. The Bertz CT molecular complexity index is 599. The molecule has 0 aliphatic carbocycles. The Hall–Kier alpha value is -1.93. The van der Waals surface area contributed by atoms with Crippen molar-refractivity contribution < 1.29 is 27.3 Å². The Kier molecular flexibility index (Phi) is 7.00. The average Bonchev–Trinajstić information content (AvgIpc) is 2.44. The maximum absolute atomic E-state index is 11.8. The molecule has 1 amide bonds. The highest BCUT2D eigenvalue weighted by molar-refractivity contribution is 7.85. The van der Waals surface area contributed by atoms with E-state index in [-0.39, 0.29) is 13.0 Å². The lowest BCUT2D eigenvalue weighted by molar-refractivity contribution is -0.146. The van der Waals surface area contributed by atoms with Crippen molar-refractivity contribution in [1.82, 2.24) is 5.32 Å². The summed E-state index contributed by atoms with van der Waals surface area (Å²) in [5.41, 5.74) is 0.945. The second-order valence-corrected chi connectivity index (χ2v) is 6.10. The molecule has 0 spiro atoms. The van der Waals surface area contributed by atoms with E-state index in [0.717, 1.165) is 5.56 Å². The molecule has 22 heavy (non-hydrogen) atoms. The first kappa shape index (κ1) is 18.1. The molecule has 7 nitrogen and oxygen atoms in total. The standard InChI is InChI=1S/C14H19NO6S/c1-2-21-14(17)12(10-22(18,19)20)15-13(16)9-8-11-6-4-3-5-7-11/h3-7,12H,2,8-10H2,1H3,(H,15,16)(H,18,19,20). The van der Waals surface area contributed by atoms with E-state index in [1.807, 2.05) is 30.3 Å². The SMILES string of the molecule is CCOC(=O)C(CS(=O)(=O)O)NC(=O)CCc1ccccc1. The molecule has 0 aromatic heterocycles. The Labute approximate surface area is 129 Å². The van der Waals surface area contributed by atoms with Gasteiger partial charge in [0.15, 0.2) is 0 Å². The average molecular weight is 329 g/mol. The third kappa shape index (κ3) is 7.19. The molecule has 1 aromatic carbocycles. The van der Waals surface area contributed by atoms with Crippen LogP contribution in [0.3, 0.4) is 0 Å². The molecule has 1 rings (SSSR count). The molecule has 0 saturated carbocycles. The van der Waals surface area contributed by atoms with E-state index in [2.05, 4.69) is 10.1 Å². The van der Waals surface area contributed by atoms with Crippen LogP contribution in [0.25, 0.3) is 0 Å². The number of nitrogens with one attached hydrogen (secondary N) is 1. The molecule has 1 aromatic rings. The number of benzene rings is 1. The molecule has 1 atom stereocenters. The third-order valence-electron chi connectivity index (χ3n) is 2.77. The normalized spacial score (nSPS) is 12.5. The molecule has 0 heterocycles. The van der Waals surface area contributed by atoms with E-state index in [1.54, 1.807) is 6.92 Å². The number of esters is 1. The van der Waals surface area contributed by atoms with Crippen LogP contribution in [0, 0.1) is 0 Å². The fraction of sp³-hybridized carbons (Fsp3) is 0.429. The smallest absolute Gasteiger partial charge is 0.329 e. The van der Waals surface area contributed by atoms with Gasteiger partial charge in [-0.2, -0.15) is 8.42 Å². The van der Waals surface area contributed by atoms with Gasteiger partial charge in [0.25, 0.3) is 10.1 Å². The van der Waals surface area contributed by atoms with Crippen LogP contribution in [0.2, 0.25) is 0 Å². The van der Waals surface area contributed by atoms with Crippen molar-refractivity contribution >= 4 is 22.0 Å². The van der Waals surface area contributed by atoms with Crippen molar-refractivity contribution in [2.45, 2.75) is 25.8 Å². The van der Waals surface area contributed by atoms with Crippen LogP contribution in [0.15, 0.2) is 30.3 Å². The predicted molar refractivity (Wildman–Crippen MR) is 79.7 cm³/mol. The van der Waals surface area contributed by atoms with E-state index in [0.29, 0.717) is 6.42 Å². The summed E-state index contributed by atoms with van der Waals surface area (Å²) < 4.78 is 35.3. The maximum atomic E-state index is 11.8. The van der Waals surface area contributed by atoms with Gasteiger partial charge in [0.1, 0.15) is 11.8 Å². The van der Waals surface area contributed by atoms with Crippen LogP contribution in [-0.2, 0) is 30.9 Å². The molecule has 0 fully saturated rings. The Balaban J connectivity index is 2.60. The quantitative estimate of drug-likeness (QED) is 0.532. The number of carbonyl (C=O) groups is 2. The fourth-order valence-corrected chi connectivity index (χ4v) is 2.43. The van der Waals surface area contributed by atoms with Gasteiger partial charge in [-0.15, -0.1) is 0 Å². The molecule has 0 aliphatic heterocycles. The minimum atomic E-state index is -4.41. The second kappa shape index (κ2) is 8.50. The molecule has 8 heteroatoms. The van der Waals surface area contributed by atoms with Crippen molar-refractivity contribution in [3.63, 3.8) is 0 Å². The van der Waals surface area contributed by atoms with Gasteiger partial charge in [-0.1, -0.05) is 30.3 Å². The fourth-order valence-electron chi connectivity index (χ4n) is 1.79. The van der Waals surface area contributed by atoms with Gasteiger partial charge in [0, 0.05) is 6.42 Å². The lowest BCUT2D eigenvalue weighted by atomic mass is 10.1. The van der Waals surface area contributed by atoms with Gasteiger partial charge in [-0.3, -0.25) is 9.35 Å². The maximum Gasteiger partial charge on any atom is 0.329 e. The Morgan fingerprint density at radius 1 is 1.27 bits per heavy atom. The van der Waals surface area contributed by atoms with Crippen LogP contribution >= 0.6 is 0 Å². The number of hydrogen-bond donors (Lipinski definition) is 2. The summed E-state index contributed by atoms with van der Waals surface area (Å²) >= 11 is 0. The highest BCUT2D eigenvalue weighted by Gasteiger charge is 2.27. The zero-order chi connectivity index (χ0) is 16.6. The molecular formula is C14H19NO6S. The van der Waals surface area contributed by atoms with Crippen molar-refractivity contribution in [3.8, 4) is 0 Å². The van der Waals surface area contributed by atoms with Crippen molar-refractivity contribution in [1.29, 1.82) is 0 Å². The van der Waals surface area contributed by atoms with Crippen molar-refractivity contribution in [2.75, 3.05) is 12.4 Å². The lowest BCUT2D eigenvalue weighted by Crippen LogP contribution is -2.46. The number of rotatable bonds is 8. The first-order valence-corrected chi connectivity index (χ1v) is 8.38. The van der Waals surface area contributed by atoms with E-state index in [1.165, 1.54) is 0 Å². The summed E-state index contributed by atoms with van der Waals surface area (Å²) in [6, 6.07) is 7.83. The van der Waals surface area contributed by atoms with Gasteiger partial charge in [0.2, 0.25) is 5.91 Å². The summed E-state index contributed by atoms with van der Waals surface area (Å²) in [6.07, 6.45) is 0.541. The van der Waals surface area contributed by atoms with Gasteiger partial charge in [0.05, 0.1) is 6.61 Å².